The van der Waals surface area contributed by atoms with E-state index in [0.717, 1.165) is 5.56 Å². The molecule has 6 nitrogen and oxygen atoms in total. The zero-order valence-corrected chi connectivity index (χ0v) is 12.3. The quantitative estimate of drug-likeness (QED) is 0.774. The Kier molecular flexibility index (Phi) is 5.73. The van der Waals surface area contributed by atoms with Crippen molar-refractivity contribution in [2.75, 3.05) is 5.32 Å². The number of nitrogens with zero attached hydrogens (tertiary/aromatic N) is 1. The first-order valence-corrected chi connectivity index (χ1v) is 6.70. The Hall–Kier alpha value is -2.55. The number of benzene rings is 1. The molecule has 3 N–H and O–H groups in total. The molecule has 6 heteroatoms. The lowest BCUT2D eigenvalue weighted by atomic mass is 9.99. The molecule has 1 aromatic rings. The summed E-state index contributed by atoms with van der Waals surface area (Å²) in [6, 6.07) is 5.36. The lowest BCUT2D eigenvalue weighted by Gasteiger charge is -2.20. The van der Waals surface area contributed by atoms with E-state index in [9.17, 15) is 9.59 Å². The van der Waals surface area contributed by atoms with Crippen molar-refractivity contribution in [3.63, 3.8) is 0 Å². The highest BCUT2D eigenvalue weighted by Crippen LogP contribution is 2.16. The fraction of sp³-hybridized carbons (Fsp3) is 0.400. The molecule has 1 rings (SSSR count). The molecule has 2 unspecified atom stereocenters. The lowest BCUT2D eigenvalue weighted by molar-refractivity contribution is -0.140. The van der Waals surface area contributed by atoms with E-state index in [-0.39, 0.29) is 5.92 Å². The van der Waals surface area contributed by atoms with Gasteiger partial charge in [0.05, 0.1) is 11.6 Å². The zero-order valence-electron chi connectivity index (χ0n) is 12.3. The standard InChI is InChI=1S/C15H19N3O3/c1-4-9(2)13(14(19)20)18-15(21)17-12-7-11(8-16)6-5-10(12)3/h5-7,9,13H,4H2,1-3H3,(H,19,20)(H2,17,18,21). The molecule has 0 bridgehead atoms. The van der Waals surface area contributed by atoms with Crippen molar-refractivity contribution in [1.82, 2.24) is 5.32 Å². The Morgan fingerprint density at radius 2 is 2.10 bits per heavy atom. The van der Waals surface area contributed by atoms with Gasteiger partial charge < -0.3 is 15.7 Å². The molecule has 0 aliphatic carbocycles. The number of aliphatic carboxylic acids is 1. The van der Waals surface area contributed by atoms with Crippen molar-refractivity contribution in [2.24, 2.45) is 5.92 Å². The highest BCUT2D eigenvalue weighted by molar-refractivity contribution is 5.93. The summed E-state index contributed by atoms with van der Waals surface area (Å²) in [5, 5.41) is 23.0. The molecule has 21 heavy (non-hydrogen) atoms. The van der Waals surface area contributed by atoms with E-state index in [2.05, 4.69) is 10.6 Å². The smallest absolute Gasteiger partial charge is 0.326 e. The van der Waals surface area contributed by atoms with Crippen LogP contribution in [0.2, 0.25) is 0 Å². The van der Waals surface area contributed by atoms with Crippen molar-refractivity contribution in [3.05, 3.63) is 29.3 Å². The summed E-state index contributed by atoms with van der Waals surface area (Å²) in [4.78, 5) is 23.1. The average molecular weight is 289 g/mol. The number of rotatable bonds is 5. The van der Waals surface area contributed by atoms with Gasteiger partial charge in [-0.05, 0) is 30.5 Å². The minimum absolute atomic E-state index is 0.181. The maximum atomic E-state index is 11.9. The summed E-state index contributed by atoms with van der Waals surface area (Å²) < 4.78 is 0. The second kappa shape index (κ2) is 7.29. The van der Waals surface area contributed by atoms with Crippen LogP contribution in [0.3, 0.4) is 0 Å². The van der Waals surface area contributed by atoms with E-state index in [1.54, 1.807) is 32.0 Å². The number of hydrogen-bond donors (Lipinski definition) is 3. The van der Waals surface area contributed by atoms with Gasteiger partial charge in [0, 0.05) is 5.69 Å². The van der Waals surface area contributed by atoms with Crippen LogP contribution in [0.15, 0.2) is 18.2 Å². The number of carboxylic acid groups (broad SMARTS) is 1. The van der Waals surface area contributed by atoms with Crippen LogP contribution >= 0.6 is 0 Å². The molecule has 2 amide bonds. The fourth-order valence-corrected chi connectivity index (χ4v) is 1.81. The molecule has 0 fully saturated rings. The molecule has 1 aromatic carbocycles. The van der Waals surface area contributed by atoms with Gasteiger partial charge in [-0.25, -0.2) is 9.59 Å². The molecule has 0 aliphatic heterocycles. The van der Waals surface area contributed by atoms with Crippen LogP contribution in [-0.4, -0.2) is 23.1 Å². The van der Waals surface area contributed by atoms with Crippen LogP contribution in [0, 0.1) is 24.2 Å². The highest BCUT2D eigenvalue weighted by Gasteiger charge is 2.25. The normalized spacial score (nSPS) is 12.9. The summed E-state index contributed by atoms with van der Waals surface area (Å²) in [5.41, 5.74) is 1.70. The SMILES string of the molecule is CCC(C)C(NC(=O)Nc1cc(C#N)ccc1C)C(=O)O. The number of carbonyl (C=O) groups is 2. The van der Waals surface area contributed by atoms with E-state index in [1.807, 2.05) is 13.0 Å². The maximum absolute atomic E-state index is 11.9. The summed E-state index contributed by atoms with van der Waals surface area (Å²) >= 11 is 0. The van der Waals surface area contributed by atoms with E-state index in [0.29, 0.717) is 17.7 Å². The minimum atomic E-state index is -1.07. The Morgan fingerprint density at radius 3 is 2.62 bits per heavy atom. The topological polar surface area (TPSA) is 102 Å². The number of carboxylic acids is 1. The van der Waals surface area contributed by atoms with Crippen LogP contribution in [0.4, 0.5) is 10.5 Å². The van der Waals surface area contributed by atoms with Gasteiger partial charge >= 0.3 is 12.0 Å². The first-order valence-electron chi connectivity index (χ1n) is 6.70. The van der Waals surface area contributed by atoms with Gasteiger partial charge in [-0.3, -0.25) is 0 Å². The predicted octanol–water partition coefficient (Wildman–Crippen LogP) is 2.49. The van der Waals surface area contributed by atoms with Gasteiger partial charge in [-0.2, -0.15) is 5.26 Å². The molecular weight excluding hydrogens is 270 g/mol. The van der Waals surface area contributed by atoms with Crippen molar-refractivity contribution in [3.8, 4) is 6.07 Å². The van der Waals surface area contributed by atoms with Gasteiger partial charge in [0.2, 0.25) is 0 Å². The Balaban J connectivity index is 2.82. The van der Waals surface area contributed by atoms with Gasteiger partial charge in [0.25, 0.3) is 0 Å². The number of nitriles is 1. The van der Waals surface area contributed by atoms with Crippen LogP contribution in [0.25, 0.3) is 0 Å². The third-order valence-corrected chi connectivity index (χ3v) is 3.38. The first-order chi connectivity index (χ1) is 9.88. The highest BCUT2D eigenvalue weighted by atomic mass is 16.4. The molecule has 112 valence electrons. The van der Waals surface area contributed by atoms with Crippen LogP contribution in [-0.2, 0) is 4.79 Å². The second-order valence-corrected chi connectivity index (χ2v) is 4.94. The molecule has 0 saturated heterocycles. The molecule has 0 radical (unpaired) electrons. The number of aryl methyl sites for hydroxylation is 1. The monoisotopic (exact) mass is 289 g/mol. The van der Waals surface area contributed by atoms with E-state index in [4.69, 9.17) is 10.4 Å². The van der Waals surface area contributed by atoms with Crippen molar-refractivity contribution < 1.29 is 14.7 Å². The van der Waals surface area contributed by atoms with Gasteiger partial charge in [0.1, 0.15) is 6.04 Å². The van der Waals surface area contributed by atoms with E-state index in [1.165, 1.54) is 0 Å². The number of hydrogen-bond acceptors (Lipinski definition) is 3. The summed E-state index contributed by atoms with van der Waals surface area (Å²) in [5.74, 6) is -1.25. The molecular formula is C15H19N3O3. The van der Waals surface area contributed by atoms with E-state index >= 15 is 0 Å². The number of carbonyl (C=O) groups excluding carboxylic acids is 1. The minimum Gasteiger partial charge on any atom is -0.480 e. The molecule has 0 aliphatic rings. The Bertz CT molecular complexity index is 578. The van der Waals surface area contributed by atoms with Gasteiger partial charge in [0.15, 0.2) is 0 Å². The Morgan fingerprint density at radius 1 is 1.43 bits per heavy atom. The van der Waals surface area contributed by atoms with Crippen molar-refractivity contribution >= 4 is 17.7 Å². The van der Waals surface area contributed by atoms with Gasteiger partial charge in [-0.15, -0.1) is 0 Å². The predicted molar refractivity (Wildman–Crippen MR) is 78.9 cm³/mol. The van der Waals surface area contributed by atoms with Crippen LogP contribution in [0.5, 0.6) is 0 Å². The third-order valence-electron chi connectivity index (χ3n) is 3.38. The largest absolute Gasteiger partial charge is 0.480 e. The zero-order chi connectivity index (χ0) is 16.0. The fourth-order valence-electron chi connectivity index (χ4n) is 1.81. The first kappa shape index (κ1) is 16.5. The van der Waals surface area contributed by atoms with Crippen molar-refractivity contribution in [2.45, 2.75) is 33.2 Å². The second-order valence-electron chi connectivity index (χ2n) is 4.94. The van der Waals surface area contributed by atoms with E-state index < -0.39 is 18.0 Å². The maximum Gasteiger partial charge on any atom is 0.326 e. The summed E-state index contributed by atoms with van der Waals surface area (Å²) in [6.45, 7) is 5.42. The molecule has 0 saturated carbocycles. The van der Waals surface area contributed by atoms with Crippen molar-refractivity contribution in [1.29, 1.82) is 5.26 Å². The molecule has 2 atom stereocenters. The molecule has 0 aromatic heterocycles. The number of nitrogens with one attached hydrogen (secondary N) is 2. The summed E-state index contributed by atoms with van der Waals surface area (Å²) in [7, 11) is 0. The number of anilines is 1. The third kappa shape index (κ3) is 4.49. The average Bonchev–Trinajstić information content (AvgIpc) is 2.46. The molecule has 0 spiro atoms. The van der Waals surface area contributed by atoms with Crippen LogP contribution < -0.4 is 10.6 Å². The number of amides is 2. The Labute approximate surface area is 123 Å². The summed E-state index contributed by atoms with van der Waals surface area (Å²) in [6.07, 6.45) is 0.639. The van der Waals surface area contributed by atoms with Crippen LogP contribution in [0.1, 0.15) is 31.4 Å². The van der Waals surface area contributed by atoms with Gasteiger partial charge in [-0.1, -0.05) is 26.3 Å². The lowest BCUT2D eigenvalue weighted by Crippen LogP contribution is -2.46. The number of urea groups is 1. The molecule has 0 heterocycles.